The van der Waals surface area contributed by atoms with Crippen LogP contribution in [0.5, 0.6) is 11.5 Å². The second kappa shape index (κ2) is 7.95. The highest BCUT2D eigenvalue weighted by Crippen LogP contribution is 2.41. The molecule has 0 spiro atoms. The van der Waals surface area contributed by atoms with E-state index >= 15 is 0 Å². The van der Waals surface area contributed by atoms with Gasteiger partial charge in [-0.2, -0.15) is 0 Å². The number of phenolic OH excluding ortho intramolecular Hbond substituents is 1. The lowest BCUT2D eigenvalue weighted by Gasteiger charge is -2.09. The van der Waals surface area contributed by atoms with Crippen LogP contribution in [0.1, 0.15) is 31.7 Å². The van der Waals surface area contributed by atoms with Gasteiger partial charge in [0.25, 0.3) is 0 Å². The molecule has 3 aromatic carbocycles. The average Bonchev–Trinajstić information content (AvgIpc) is 3.11. The molecule has 4 heteroatoms. The summed E-state index contributed by atoms with van der Waals surface area (Å²) in [5.74, 6) is 0.834. The van der Waals surface area contributed by atoms with Gasteiger partial charge < -0.3 is 19.9 Å². The minimum atomic E-state index is -0.0699. The average molecular weight is 375 g/mol. The summed E-state index contributed by atoms with van der Waals surface area (Å²) in [7, 11) is 0. The van der Waals surface area contributed by atoms with E-state index in [0.717, 1.165) is 57.8 Å². The summed E-state index contributed by atoms with van der Waals surface area (Å²) >= 11 is 0. The number of unbranched alkanes of at least 4 members (excludes halogenated alkanes) is 2. The van der Waals surface area contributed by atoms with Crippen LogP contribution in [-0.2, 0) is 6.61 Å². The lowest BCUT2D eigenvalue weighted by atomic mass is 9.97. The number of aromatic nitrogens is 1. The molecule has 0 saturated heterocycles. The Labute approximate surface area is 164 Å². The largest absolute Gasteiger partial charge is 0.507 e. The van der Waals surface area contributed by atoms with E-state index in [9.17, 15) is 10.2 Å². The fraction of sp³-hybridized carbons (Fsp3) is 0.250. The zero-order valence-corrected chi connectivity index (χ0v) is 16.0. The molecule has 144 valence electrons. The van der Waals surface area contributed by atoms with Crippen LogP contribution in [0.25, 0.3) is 32.9 Å². The molecule has 0 unspecified atom stereocenters. The third-order valence-electron chi connectivity index (χ3n) is 5.16. The number of hydrogen-bond donors (Lipinski definition) is 3. The van der Waals surface area contributed by atoms with Crippen LogP contribution in [0.2, 0.25) is 0 Å². The van der Waals surface area contributed by atoms with Crippen molar-refractivity contribution in [3.05, 3.63) is 60.2 Å². The van der Waals surface area contributed by atoms with E-state index in [1.165, 1.54) is 0 Å². The molecule has 4 nitrogen and oxygen atoms in total. The van der Waals surface area contributed by atoms with Crippen LogP contribution in [-0.4, -0.2) is 21.8 Å². The lowest BCUT2D eigenvalue weighted by molar-refractivity contribution is 0.283. The van der Waals surface area contributed by atoms with Crippen molar-refractivity contribution in [2.45, 2.75) is 32.8 Å². The summed E-state index contributed by atoms with van der Waals surface area (Å²) in [6, 6.07) is 17.6. The minimum absolute atomic E-state index is 0.0699. The van der Waals surface area contributed by atoms with Crippen molar-refractivity contribution < 1.29 is 14.9 Å². The van der Waals surface area contributed by atoms with E-state index in [0.29, 0.717) is 12.4 Å². The lowest BCUT2D eigenvalue weighted by Crippen LogP contribution is -1.96. The van der Waals surface area contributed by atoms with Gasteiger partial charge in [-0.1, -0.05) is 62.2 Å². The molecule has 0 saturated carbocycles. The third-order valence-corrected chi connectivity index (χ3v) is 5.16. The van der Waals surface area contributed by atoms with E-state index in [1.54, 1.807) is 6.07 Å². The Kier molecular flexibility index (Phi) is 5.22. The Hall–Kier alpha value is -2.98. The number of H-pyrrole nitrogens is 1. The number of phenols is 1. The first-order chi connectivity index (χ1) is 13.7. The summed E-state index contributed by atoms with van der Waals surface area (Å²) in [4.78, 5) is 3.39. The highest BCUT2D eigenvalue weighted by atomic mass is 16.5. The molecule has 3 N–H and O–H groups in total. The summed E-state index contributed by atoms with van der Waals surface area (Å²) in [5.41, 5.74) is 4.54. The zero-order valence-electron chi connectivity index (χ0n) is 16.0. The van der Waals surface area contributed by atoms with Crippen molar-refractivity contribution in [1.29, 1.82) is 0 Å². The smallest absolute Gasteiger partial charge is 0.129 e. The Morgan fingerprint density at radius 1 is 0.964 bits per heavy atom. The maximum absolute atomic E-state index is 10.8. The Morgan fingerprint density at radius 2 is 1.79 bits per heavy atom. The minimum Gasteiger partial charge on any atom is -0.507 e. The number of benzene rings is 3. The normalized spacial score (nSPS) is 11.4. The van der Waals surface area contributed by atoms with Crippen LogP contribution in [0.3, 0.4) is 0 Å². The van der Waals surface area contributed by atoms with Gasteiger partial charge in [-0.05, 0) is 17.5 Å². The molecule has 0 aliphatic carbocycles. The number of aliphatic hydroxyl groups is 1. The molecule has 0 bridgehead atoms. The fourth-order valence-electron chi connectivity index (χ4n) is 3.76. The van der Waals surface area contributed by atoms with E-state index < -0.39 is 0 Å². The molecule has 0 aliphatic rings. The monoisotopic (exact) mass is 375 g/mol. The van der Waals surface area contributed by atoms with Crippen LogP contribution in [0, 0.1) is 0 Å². The molecular formula is C24H25NO3. The van der Waals surface area contributed by atoms with Gasteiger partial charge in [0.15, 0.2) is 0 Å². The number of rotatable bonds is 7. The Morgan fingerprint density at radius 3 is 2.54 bits per heavy atom. The summed E-state index contributed by atoms with van der Waals surface area (Å²) < 4.78 is 5.84. The van der Waals surface area contributed by atoms with Crippen molar-refractivity contribution in [1.82, 2.24) is 4.98 Å². The maximum atomic E-state index is 10.8. The van der Waals surface area contributed by atoms with Gasteiger partial charge >= 0.3 is 0 Å². The van der Waals surface area contributed by atoms with E-state index in [2.05, 4.69) is 24.0 Å². The molecular weight excluding hydrogens is 350 g/mol. The fourth-order valence-corrected chi connectivity index (χ4v) is 3.76. The van der Waals surface area contributed by atoms with Crippen molar-refractivity contribution in [3.8, 4) is 22.6 Å². The highest BCUT2D eigenvalue weighted by Gasteiger charge is 2.17. The molecule has 0 amide bonds. The Balaban J connectivity index is 1.88. The van der Waals surface area contributed by atoms with Crippen molar-refractivity contribution >= 4 is 21.8 Å². The zero-order chi connectivity index (χ0) is 19.5. The number of aromatic hydroxyl groups is 1. The predicted octanol–water partition coefficient (Wildman–Crippen LogP) is 5.76. The first-order valence-electron chi connectivity index (χ1n) is 9.82. The molecule has 4 aromatic rings. The van der Waals surface area contributed by atoms with Gasteiger partial charge in [-0.15, -0.1) is 0 Å². The molecule has 4 rings (SSSR count). The van der Waals surface area contributed by atoms with Gasteiger partial charge in [-0.3, -0.25) is 0 Å². The molecule has 0 aliphatic heterocycles. The number of ether oxygens (including phenoxy) is 1. The second-order valence-electron chi connectivity index (χ2n) is 7.09. The standard InChI is InChI=1S/C24H25NO3/c1-2-3-7-12-28-18-13-20-23(21(27)14-18)22-19(16-8-5-4-6-9-16)11-10-17(15-26)24(22)25-20/h4-6,8-11,13-14,25-27H,2-3,7,12,15H2,1H3. The van der Waals surface area contributed by atoms with Gasteiger partial charge in [0.2, 0.25) is 0 Å². The summed E-state index contributed by atoms with van der Waals surface area (Å²) in [6.07, 6.45) is 3.26. The van der Waals surface area contributed by atoms with E-state index in [-0.39, 0.29) is 12.4 Å². The van der Waals surface area contributed by atoms with Crippen LogP contribution in [0.4, 0.5) is 0 Å². The van der Waals surface area contributed by atoms with Gasteiger partial charge in [0, 0.05) is 23.1 Å². The van der Waals surface area contributed by atoms with E-state index in [1.807, 2.05) is 36.4 Å². The quantitative estimate of drug-likeness (QED) is 0.360. The highest BCUT2D eigenvalue weighted by molar-refractivity contribution is 6.17. The number of aliphatic hydroxyl groups excluding tert-OH is 1. The molecule has 1 heterocycles. The number of aromatic amines is 1. The van der Waals surface area contributed by atoms with Gasteiger partial charge in [0.1, 0.15) is 11.5 Å². The number of fused-ring (bicyclic) bond motifs is 3. The Bertz CT molecular complexity index is 1100. The van der Waals surface area contributed by atoms with Gasteiger partial charge in [-0.25, -0.2) is 0 Å². The number of hydrogen-bond acceptors (Lipinski definition) is 3. The van der Waals surface area contributed by atoms with Crippen LogP contribution < -0.4 is 4.74 Å². The molecule has 1 aromatic heterocycles. The second-order valence-corrected chi connectivity index (χ2v) is 7.09. The molecule has 0 atom stereocenters. The topological polar surface area (TPSA) is 65.5 Å². The van der Waals surface area contributed by atoms with Crippen molar-refractivity contribution in [2.24, 2.45) is 0 Å². The molecule has 0 fully saturated rings. The maximum Gasteiger partial charge on any atom is 0.129 e. The number of nitrogens with one attached hydrogen (secondary N) is 1. The van der Waals surface area contributed by atoms with Crippen molar-refractivity contribution in [3.63, 3.8) is 0 Å². The van der Waals surface area contributed by atoms with Crippen LogP contribution in [0.15, 0.2) is 54.6 Å². The molecule has 28 heavy (non-hydrogen) atoms. The van der Waals surface area contributed by atoms with Crippen LogP contribution >= 0.6 is 0 Å². The van der Waals surface area contributed by atoms with Crippen molar-refractivity contribution in [2.75, 3.05) is 6.61 Å². The van der Waals surface area contributed by atoms with Gasteiger partial charge in [0.05, 0.1) is 29.6 Å². The summed E-state index contributed by atoms with van der Waals surface area (Å²) in [5, 5.41) is 22.3. The first-order valence-corrected chi connectivity index (χ1v) is 9.82. The molecule has 0 radical (unpaired) electrons. The van der Waals surface area contributed by atoms with E-state index in [4.69, 9.17) is 4.74 Å². The first kappa shape index (κ1) is 18.4. The predicted molar refractivity (Wildman–Crippen MR) is 114 cm³/mol. The SMILES string of the molecule is CCCCCOc1cc(O)c2c(c1)[nH]c1c(CO)ccc(-c3ccccc3)c12. The third kappa shape index (κ3) is 3.32. The summed E-state index contributed by atoms with van der Waals surface area (Å²) in [6.45, 7) is 2.72.